The summed E-state index contributed by atoms with van der Waals surface area (Å²) in [5.74, 6) is 2.31. The number of nitrogens with zero attached hydrogens (tertiary/aromatic N) is 1. The number of likely N-dealkylation sites (tertiary alicyclic amines) is 1. The third-order valence-electron chi connectivity index (χ3n) is 6.15. The third kappa shape index (κ3) is 5.21. The van der Waals surface area contributed by atoms with Crippen LogP contribution in [0, 0.1) is 0 Å². The minimum atomic E-state index is 0.0365. The number of hydrogen-bond donors (Lipinski definition) is 1. The molecule has 1 atom stereocenters. The van der Waals surface area contributed by atoms with Gasteiger partial charge in [-0.1, -0.05) is 52.0 Å². The lowest BCUT2D eigenvalue weighted by Crippen LogP contribution is -2.33. The van der Waals surface area contributed by atoms with E-state index in [-0.39, 0.29) is 11.9 Å². The van der Waals surface area contributed by atoms with E-state index in [2.05, 4.69) is 62.2 Å². The van der Waals surface area contributed by atoms with Crippen molar-refractivity contribution in [2.45, 2.75) is 58.4 Å². The van der Waals surface area contributed by atoms with Crippen LogP contribution in [0.4, 0.5) is 5.69 Å². The average Bonchev–Trinajstić information content (AvgIpc) is 3.20. The molecule has 1 aliphatic rings. The third-order valence-corrected chi connectivity index (χ3v) is 6.15. The number of ether oxygens (including phenoxy) is 2. The fourth-order valence-electron chi connectivity index (χ4n) is 4.52. The summed E-state index contributed by atoms with van der Waals surface area (Å²) in [6.45, 7) is 9.94. The minimum absolute atomic E-state index is 0.0365. The molecule has 2 aromatic rings. The summed E-state index contributed by atoms with van der Waals surface area (Å²) in [5.41, 5.74) is 4.47. The lowest BCUT2D eigenvalue weighted by Gasteiger charge is -2.27. The van der Waals surface area contributed by atoms with Gasteiger partial charge in [-0.2, -0.15) is 0 Å². The van der Waals surface area contributed by atoms with Gasteiger partial charge in [0.2, 0.25) is 5.91 Å². The molecule has 0 spiro atoms. The number of rotatable bonds is 8. The summed E-state index contributed by atoms with van der Waals surface area (Å²) in [4.78, 5) is 15.4. The Morgan fingerprint density at radius 1 is 1.06 bits per heavy atom. The van der Waals surface area contributed by atoms with Crippen LogP contribution >= 0.6 is 0 Å². The lowest BCUT2D eigenvalue weighted by molar-refractivity contribution is -0.117. The molecule has 1 heterocycles. The minimum Gasteiger partial charge on any atom is -0.497 e. The highest BCUT2D eigenvalue weighted by molar-refractivity contribution is 5.94. The van der Waals surface area contributed by atoms with Gasteiger partial charge < -0.3 is 14.8 Å². The second-order valence-corrected chi connectivity index (χ2v) is 8.91. The van der Waals surface area contributed by atoms with Gasteiger partial charge in [0.05, 0.1) is 20.8 Å². The summed E-state index contributed by atoms with van der Waals surface area (Å²) in [6.07, 6.45) is 2.07. The standard InChI is InChI=1S/C26H36N2O3/c1-17(2)20-9-7-10-21(18(3)4)26(20)27-25(29)16-28-14-8-11-23(28)22-13-12-19(30-5)15-24(22)31-6/h7,9-10,12-13,15,17-18,23H,8,11,14,16H2,1-6H3,(H,27,29)/t23-/m1/s1. The quantitative estimate of drug-likeness (QED) is 0.588. The first-order valence-electron chi connectivity index (χ1n) is 11.2. The first-order valence-corrected chi connectivity index (χ1v) is 11.2. The smallest absolute Gasteiger partial charge is 0.238 e. The number of anilines is 1. The predicted molar refractivity (Wildman–Crippen MR) is 126 cm³/mol. The van der Waals surface area contributed by atoms with Crippen LogP contribution in [-0.4, -0.2) is 38.1 Å². The van der Waals surface area contributed by atoms with Gasteiger partial charge in [-0.05, 0) is 48.4 Å². The topological polar surface area (TPSA) is 50.8 Å². The van der Waals surface area contributed by atoms with Crippen molar-refractivity contribution in [1.82, 2.24) is 4.90 Å². The van der Waals surface area contributed by atoms with E-state index in [1.54, 1.807) is 14.2 Å². The molecule has 0 unspecified atom stereocenters. The molecular weight excluding hydrogens is 388 g/mol. The Bertz CT molecular complexity index is 881. The van der Waals surface area contributed by atoms with Gasteiger partial charge >= 0.3 is 0 Å². The second kappa shape index (κ2) is 10.2. The lowest BCUT2D eigenvalue weighted by atomic mass is 9.92. The summed E-state index contributed by atoms with van der Waals surface area (Å²) < 4.78 is 11.0. The van der Waals surface area contributed by atoms with E-state index < -0.39 is 0 Å². The van der Waals surface area contributed by atoms with Gasteiger partial charge in [-0.15, -0.1) is 0 Å². The van der Waals surface area contributed by atoms with Crippen LogP contribution < -0.4 is 14.8 Å². The van der Waals surface area contributed by atoms with Gasteiger partial charge in [0.25, 0.3) is 0 Å². The summed E-state index contributed by atoms with van der Waals surface area (Å²) in [7, 11) is 3.33. The molecule has 5 heteroatoms. The first kappa shape index (κ1) is 23.1. The van der Waals surface area contributed by atoms with Crippen molar-refractivity contribution < 1.29 is 14.3 Å². The van der Waals surface area contributed by atoms with Gasteiger partial charge in [0.15, 0.2) is 0 Å². The molecule has 0 aromatic heterocycles. The number of nitrogens with one attached hydrogen (secondary N) is 1. The number of methoxy groups -OCH3 is 2. The van der Waals surface area contributed by atoms with Crippen LogP contribution in [0.1, 0.15) is 75.1 Å². The number of carbonyl (C=O) groups excluding carboxylic acids is 1. The summed E-state index contributed by atoms with van der Waals surface area (Å²) >= 11 is 0. The predicted octanol–water partition coefficient (Wildman–Crippen LogP) is 5.73. The Kier molecular flexibility index (Phi) is 7.60. The Morgan fingerprint density at radius 3 is 2.32 bits per heavy atom. The van der Waals surface area contributed by atoms with Crippen LogP contribution in [0.5, 0.6) is 11.5 Å². The molecule has 1 fully saturated rings. The van der Waals surface area contributed by atoms with Crippen molar-refractivity contribution in [3.8, 4) is 11.5 Å². The molecule has 0 bridgehead atoms. The Morgan fingerprint density at radius 2 is 1.74 bits per heavy atom. The highest BCUT2D eigenvalue weighted by atomic mass is 16.5. The van der Waals surface area contributed by atoms with Crippen molar-refractivity contribution in [3.05, 3.63) is 53.1 Å². The number of amides is 1. The zero-order valence-electron chi connectivity index (χ0n) is 19.7. The van der Waals surface area contributed by atoms with Crippen LogP contribution in [0.2, 0.25) is 0 Å². The van der Waals surface area contributed by atoms with Crippen molar-refractivity contribution in [2.75, 3.05) is 32.6 Å². The van der Waals surface area contributed by atoms with Gasteiger partial charge in [0, 0.05) is 23.4 Å². The molecule has 1 amide bonds. The molecule has 0 aliphatic carbocycles. The van der Waals surface area contributed by atoms with Crippen molar-refractivity contribution in [2.24, 2.45) is 0 Å². The van der Waals surface area contributed by atoms with E-state index in [9.17, 15) is 4.79 Å². The van der Waals surface area contributed by atoms with E-state index >= 15 is 0 Å². The highest BCUT2D eigenvalue weighted by Gasteiger charge is 2.30. The first-order chi connectivity index (χ1) is 14.8. The average molecular weight is 425 g/mol. The maximum Gasteiger partial charge on any atom is 0.238 e. The number of hydrogen-bond acceptors (Lipinski definition) is 4. The van der Waals surface area contributed by atoms with Crippen LogP contribution in [-0.2, 0) is 4.79 Å². The molecule has 0 radical (unpaired) electrons. The molecule has 5 nitrogen and oxygen atoms in total. The fourth-order valence-corrected chi connectivity index (χ4v) is 4.52. The number of carbonyl (C=O) groups is 1. The SMILES string of the molecule is COc1ccc([C@H]2CCCN2CC(=O)Nc2c(C(C)C)cccc2C(C)C)c(OC)c1. The zero-order valence-corrected chi connectivity index (χ0v) is 19.7. The van der Waals surface area contributed by atoms with Crippen molar-refractivity contribution in [3.63, 3.8) is 0 Å². The fraction of sp³-hybridized carbons (Fsp3) is 0.500. The Hall–Kier alpha value is -2.53. The van der Waals surface area contributed by atoms with Crippen LogP contribution in [0.3, 0.4) is 0 Å². The Labute approximate surface area is 186 Å². The highest BCUT2D eigenvalue weighted by Crippen LogP contribution is 2.39. The zero-order chi connectivity index (χ0) is 22.5. The van der Waals surface area contributed by atoms with Gasteiger partial charge in [-0.25, -0.2) is 0 Å². The summed E-state index contributed by atoms with van der Waals surface area (Å²) in [5, 5.41) is 3.26. The molecule has 1 aliphatic heterocycles. The van der Waals surface area contributed by atoms with E-state index in [0.717, 1.165) is 42.1 Å². The van der Waals surface area contributed by atoms with Crippen LogP contribution in [0.15, 0.2) is 36.4 Å². The van der Waals surface area contributed by atoms with E-state index in [1.807, 2.05) is 12.1 Å². The van der Waals surface area contributed by atoms with Gasteiger partial charge in [-0.3, -0.25) is 9.69 Å². The molecule has 168 valence electrons. The van der Waals surface area contributed by atoms with E-state index in [1.165, 1.54) is 11.1 Å². The van der Waals surface area contributed by atoms with Crippen LogP contribution in [0.25, 0.3) is 0 Å². The maximum atomic E-state index is 13.1. The molecular formula is C26H36N2O3. The molecule has 1 saturated heterocycles. The summed E-state index contributed by atoms with van der Waals surface area (Å²) in [6, 6.07) is 12.4. The number of para-hydroxylation sites is 1. The molecule has 3 rings (SSSR count). The Balaban J connectivity index is 1.80. The molecule has 2 aromatic carbocycles. The largest absolute Gasteiger partial charge is 0.497 e. The van der Waals surface area contributed by atoms with Crippen molar-refractivity contribution in [1.29, 1.82) is 0 Å². The number of benzene rings is 2. The molecule has 31 heavy (non-hydrogen) atoms. The van der Waals surface area contributed by atoms with Crippen molar-refractivity contribution >= 4 is 11.6 Å². The van der Waals surface area contributed by atoms with Gasteiger partial charge in [0.1, 0.15) is 11.5 Å². The molecule has 0 saturated carbocycles. The maximum absolute atomic E-state index is 13.1. The second-order valence-electron chi connectivity index (χ2n) is 8.91. The monoisotopic (exact) mass is 424 g/mol. The normalized spacial score (nSPS) is 16.7. The van der Waals surface area contributed by atoms with E-state index in [0.29, 0.717) is 18.4 Å². The van der Waals surface area contributed by atoms with E-state index in [4.69, 9.17) is 9.47 Å². The molecule has 1 N–H and O–H groups in total.